The lowest BCUT2D eigenvalue weighted by atomic mass is 9.82. The molecule has 180 valence electrons. The predicted octanol–water partition coefficient (Wildman–Crippen LogP) is 4.73. The number of hydrogen-bond donors (Lipinski definition) is 1. The number of nitrogens with zero attached hydrogens (tertiary/aromatic N) is 1. The van der Waals surface area contributed by atoms with Gasteiger partial charge in [0.2, 0.25) is 10.0 Å². The third kappa shape index (κ3) is 6.89. The molecule has 3 atom stereocenters. The molecule has 0 radical (unpaired) electrons. The first-order chi connectivity index (χ1) is 15.9. The van der Waals surface area contributed by atoms with E-state index in [1.807, 2.05) is 6.07 Å². The summed E-state index contributed by atoms with van der Waals surface area (Å²) in [6.45, 7) is 4.55. The van der Waals surface area contributed by atoms with Crippen molar-refractivity contribution in [3.63, 3.8) is 0 Å². The second-order valence-electron chi connectivity index (χ2n) is 9.84. The molecule has 1 aliphatic carbocycles. The molecule has 33 heavy (non-hydrogen) atoms. The summed E-state index contributed by atoms with van der Waals surface area (Å²) in [5, 5.41) is 0. The van der Waals surface area contributed by atoms with Crippen LogP contribution >= 0.6 is 0 Å². The molecule has 2 aliphatic rings. The molecule has 0 bridgehead atoms. The van der Waals surface area contributed by atoms with Gasteiger partial charge >= 0.3 is 0 Å². The third-order valence-corrected chi connectivity index (χ3v) is 8.18. The molecule has 1 saturated carbocycles. The number of rotatable bonds is 8. The van der Waals surface area contributed by atoms with Crippen molar-refractivity contribution in [2.24, 2.45) is 5.92 Å². The molecule has 2 fully saturated rings. The number of hydrogen-bond acceptors (Lipinski definition) is 4. The maximum Gasteiger partial charge on any atom is 0.208 e. The fraction of sp³-hybridized carbons (Fsp3) is 0.556. The molecule has 1 aliphatic heterocycles. The predicted molar refractivity (Wildman–Crippen MR) is 134 cm³/mol. The second-order valence-corrected chi connectivity index (χ2v) is 11.6. The largest absolute Gasteiger partial charge is 0.378 e. The highest BCUT2D eigenvalue weighted by molar-refractivity contribution is 7.88. The van der Waals surface area contributed by atoms with Crippen LogP contribution < -0.4 is 4.72 Å². The summed E-state index contributed by atoms with van der Waals surface area (Å²) in [4.78, 5) is 2.47. The summed E-state index contributed by atoms with van der Waals surface area (Å²) < 4.78 is 33.3. The summed E-state index contributed by atoms with van der Waals surface area (Å²) in [5.41, 5.74) is 2.73. The van der Waals surface area contributed by atoms with Gasteiger partial charge in [-0.1, -0.05) is 60.7 Å². The van der Waals surface area contributed by atoms with Crippen molar-refractivity contribution < 1.29 is 13.2 Å². The fourth-order valence-electron chi connectivity index (χ4n) is 5.50. The molecule has 0 unspecified atom stereocenters. The Morgan fingerprint density at radius 3 is 2.24 bits per heavy atom. The van der Waals surface area contributed by atoms with Gasteiger partial charge in [-0.3, -0.25) is 4.90 Å². The van der Waals surface area contributed by atoms with Gasteiger partial charge in [-0.05, 0) is 56.1 Å². The van der Waals surface area contributed by atoms with Crippen LogP contribution in [0.25, 0.3) is 0 Å². The molecule has 0 aromatic heterocycles. The Morgan fingerprint density at radius 2 is 1.61 bits per heavy atom. The Labute approximate surface area is 199 Å². The minimum Gasteiger partial charge on any atom is -0.378 e. The highest BCUT2D eigenvalue weighted by Gasteiger charge is 2.34. The van der Waals surface area contributed by atoms with E-state index in [2.05, 4.69) is 71.1 Å². The Morgan fingerprint density at radius 1 is 0.970 bits per heavy atom. The first kappa shape index (κ1) is 24.4. The number of nitrogens with one attached hydrogen (secondary N) is 1. The lowest BCUT2D eigenvalue weighted by Crippen LogP contribution is -2.52. The maximum atomic E-state index is 12.0. The number of likely N-dealkylation sites (tertiary alicyclic amines) is 1. The molecule has 2 aromatic rings. The SMILES string of the molecule is C[C@H](c1ccccc1)N1CC[C@H](NS(C)(=O)=O)[C@H](CO[C@H]2CC[C@@H](c3ccccc3)CC2)C1. The fourth-order valence-corrected chi connectivity index (χ4v) is 6.36. The minimum absolute atomic E-state index is 0.0696. The molecule has 4 rings (SSSR count). The van der Waals surface area contributed by atoms with E-state index in [9.17, 15) is 8.42 Å². The van der Waals surface area contributed by atoms with E-state index in [1.54, 1.807) is 0 Å². The van der Waals surface area contributed by atoms with Crippen LogP contribution in [0.15, 0.2) is 60.7 Å². The normalized spacial score (nSPS) is 27.8. The molecule has 5 nitrogen and oxygen atoms in total. The van der Waals surface area contributed by atoms with Crippen LogP contribution in [-0.2, 0) is 14.8 Å². The number of piperidine rings is 1. The molecular weight excluding hydrogens is 432 g/mol. The van der Waals surface area contributed by atoms with Gasteiger partial charge < -0.3 is 4.74 Å². The average Bonchev–Trinajstić information content (AvgIpc) is 2.83. The lowest BCUT2D eigenvalue weighted by molar-refractivity contribution is -0.0215. The molecule has 6 heteroatoms. The van der Waals surface area contributed by atoms with E-state index in [1.165, 1.54) is 17.4 Å². The highest BCUT2D eigenvalue weighted by atomic mass is 32.2. The monoisotopic (exact) mass is 470 g/mol. The number of benzene rings is 2. The smallest absolute Gasteiger partial charge is 0.208 e. The van der Waals surface area contributed by atoms with Crippen molar-refractivity contribution in [3.05, 3.63) is 71.8 Å². The molecule has 2 aromatic carbocycles. The van der Waals surface area contributed by atoms with E-state index >= 15 is 0 Å². The summed E-state index contributed by atoms with van der Waals surface area (Å²) in [5.74, 6) is 0.772. The average molecular weight is 471 g/mol. The zero-order valence-corrected chi connectivity index (χ0v) is 20.7. The van der Waals surface area contributed by atoms with Crippen molar-refractivity contribution in [3.8, 4) is 0 Å². The second kappa shape index (κ2) is 11.1. The van der Waals surface area contributed by atoms with E-state index in [0.29, 0.717) is 18.6 Å². The van der Waals surface area contributed by atoms with Gasteiger partial charge in [-0.2, -0.15) is 0 Å². The van der Waals surface area contributed by atoms with Crippen LogP contribution in [0.3, 0.4) is 0 Å². The van der Waals surface area contributed by atoms with E-state index in [4.69, 9.17) is 4.74 Å². The Balaban J connectivity index is 1.35. The van der Waals surface area contributed by atoms with Crippen molar-refractivity contribution in [1.82, 2.24) is 9.62 Å². The van der Waals surface area contributed by atoms with Crippen LogP contribution in [0.1, 0.15) is 62.1 Å². The number of ether oxygens (including phenoxy) is 1. The van der Waals surface area contributed by atoms with Crippen LogP contribution in [0.5, 0.6) is 0 Å². The minimum atomic E-state index is -3.25. The van der Waals surface area contributed by atoms with Crippen LogP contribution in [0.4, 0.5) is 0 Å². The zero-order valence-electron chi connectivity index (χ0n) is 19.9. The van der Waals surface area contributed by atoms with E-state index in [0.717, 1.165) is 45.2 Å². The molecule has 0 spiro atoms. The summed E-state index contributed by atoms with van der Waals surface area (Å²) in [7, 11) is -3.25. The summed E-state index contributed by atoms with van der Waals surface area (Å²) in [6.07, 6.45) is 6.78. The molecular formula is C27H38N2O3S. The third-order valence-electron chi connectivity index (χ3n) is 7.45. The Kier molecular flexibility index (Phi) is 8.23. The quantitative estimate of drug-likeness (QED) is 0.606. The zero-order chi connectivity index (χ0) is 23.3. The number of sulfonamides is 1. The van der Waals surface area contributed by atoms with Crippen LogP contribution in [0.2, 0.25) is 0 Å². The maximum absolute atomic E-state index is 12.0. The highest BCUT2D eigenvalue weighted by Crippen LogP contribution is 2.34. The van der Waals surface area contributed by atoms with E-state index in [-0.39, 0.29) is 18.1 Å². The van der Waals surface area contributed by atoms with Gasteiger partial charge in [-0.15, -0.1) is 0 Å². The molecule has 1 N–H and O–H groups in total. The Hall–Kier alpha value is -1.73. The summed E-state index contributed by atoms with van der Waals surface area (Å²) >= 11 is 0. The van der Waals surface area contributed by atoms with Gasteiger partial charge in [0.1, 0.15) is 0 Å². The standard InChI is InChI=1S/C27H38N2O3S/c1-21(22-9-5-3-6-10-22)29-18-17-27(28-33(2,30)31)25(19-29)20-32-26-15-13-24(14-16-26)23-11-7-4-8-12-23/h3-12,21,24-28H,13-20H2,1-2H3/t21-,24-,25+,26+,27+/m1/s1. The molecule has 1 saturated heterocycles. The lowest BCUT2D eigenvalue weighted by Gasteiger charge is -2.42. The molecule has 1 heterocycles. The van der Waals surface area contributed by atoms with Gasteiger partial charge in [0.05, 0.1) is 19.0 Å². The Bertz CT molecular complexity index is 959. The van der Waals surface area contributed by atoms with Gasteiger partial charge in [-0.25, -0.2) is 13.1 Å². The van der Waals surface area contributed by atoms with Crippen molar-refractivity contribution in [2.45, 2.75) is 63.1 Å². The van der Waals surface area contributed by atoms with Gasteiger partial charge in [0.15, 0.2) is 0 Å². The van der Waals surface area contributed by atoms with E-state index < -0.39 is 10.0 Å². The van der Waals surface area contributed by atoms with Crippen molar-refractivity contribution in [2.75, 3.05) is 26.0 Å². The molecule has 0 amide bonds. The first-order valence-electron chi connectivity index (χ1n) is 12.3. The van der Waals surface area contributed by atoms with Gasteiger partial charge in [0.25, 0.3) is 0 Å². The van der Waals surface area contributed by atoms with Crippen molar-refractivity contribution in [1.29, 1.82) is 0 Å². The van der Waals surface area contributed by atoms with Crippen LogP contribution in [0, 0.1) is 5.92 Å². The topological polar surface area (TPSA) is 58.6 Å². The van der Waals surface area contributed by atoms with Gasteiger partial charge in [0, 0.05) is 31.1 Å². The van der Waals surface area contributed by atoms with Crippen molar-refractivity contribution >= 4 is 10.0 Å². The van der Waals surface area contributed by atoms with Crippen LogP contribution in [-0.4, -0.2) is 51.4 Å². The summed E-state index contributed by atoms with van der Waals surface area (Å²) in [6, 6.07) is 21.6. The first-order valence-corrected chi connectivity index (χ1v) is 14.2.